The first-order valence-corrected chi connectivity index (χ1v) is 6.01. The summed E-state index contributed by atoms with van der Waals surface area (Å²) >= 11 is 3.67. The number of piperidine rings is 1. The van der Waals surface area contributed by atoms with Crippen molar-refractivity contribution in [1.82, 2.24) is 4.90 Å². The van der Waals surface area contributed by atoms with Crippen LogP contribution in [0.4, 0.5) is 0 Å². The summed E-state index contributed by atoms with van der Waals surface area (Å²) in [5, 5.41) is 0. The summed E-state index contributed by atoms with van der Waals surface area (Å²) in [6.07, 6.45) is 2.66. The topological polar surface area (TPSA) is 12.5 Å². The third kappa shape index (κ3) is 3.96. The van der Waals surface area contributed by atoms with Gasteiger partial charge < -0.3 is 9.64 Å². The summed E-state index contributed by atoms with van der Waals surface area (Å²) in [5.41, 5.74) is 0. The first-order chi connectivity index (χ1) is 6.24. The van der Waals surface area contributed by atoms with E-state index in [0.29, 0.717) is 4.83 Å². The molecule has 3 heteroatoms. The van der Waals surface area contributed by atoms with Crippen molar-refractivity contribution in [2.45, 2.75) is 24.6 Å². The highest BCUT2D eigenvalue weighted by Gasteiger charge is 2.21. The molecule has 0 bridgehead atoms. The van der Waals surface area contributed by atoms with E-state index in [9.17, 15) is 0 Å². The van der Waals surface area contributed by atoms with Gasteiger partial charge in [-0.05, 0) is 31.8 Å². The quantitative estimate of drug-likeness (QED) is 0.709. The highest BCUT2D eigenvalue weighted by atomic mass is 79.9. The van der Waals surface area contributed by atoms with Gasteiger partial charge in [-0.25, -0.2) is 0 Å². The highest BCUT2D eigenvalue weighted by Crippen LogP contribution is 2.24. The summed E-state index contributed by atoms with van der Waals surface area (Å²) in [4.78, 5) is 3.17. The van der Waals surface area contributed by atoms with Crippen LogP contribution in [0.15, 0.2) is 0 Å². The minimum Gasteiger partial charge on any atom is -0.383 e. The third-order valence-electron chi connectivity index (χ3n) is 2.89. The average Bonchev–Trinajstić information content (AvgIpc) is 2.15. The van der Waals surface area contributed by atoms with Gasteiger partial charge in [-0.1, -0.05) is 22.9 Å². The molecule has 1 rings (SSSR count). The van der Waals surface area contributed by atoms with E-state index in [0.717, 1.165) is 19.1 Å². The molecule has 0 aromatic carbocycles. The van der Waals surface area contributed by atoms with Gasteiger partial charge >= 0.3 is 0 Å². The van der Waals surface area contributed by atoms with E-state index >= 15 is 0 Å². The maximum Gasteiger partial charge on any atom is 0.0589 e. The maximum atomic E-state index is 5.07. The SMILES string of the molecule is COCCN1CCC(C(C)Br)CC1. The van der Waals surface area contributed by atoms with E-state index < -0.39 is 0 Å². The number of nitrogens with zero attached hydrogens (tertiary/aromatic N) is 1. The van der Waals surface area contributed by atoms with Gasteiger partial charge in [0.2, 0.25) is 0 Å². The molecule has 0 saturated carbocycles. The number of methoxy groups -OCH3 is 1. The molecule has 1 fully saturated rings. The largest absolute Gasteiger partial charge is 0.383 e. The van der Waals surface area contributed by atoms with Crippen LogP contribution in [0.3, 0.4) is 0 Å². The Morgan fingerprint density at radius 2 is 2.08 bits per heavy atom. The number of ether oxygens (including phenoxy) is 1. The molecule has 0 N–H and O–H groups in total. The zero-order valence-corrected chi connectivity index (χ0v) is 10.2. The second-order valence-corrected chi connectivity index (χ2v) is 5.29. The Morgan fingerprint density at radius 3 is 2.54 bits per heavy atom. The zero-order valence-electron chi connectivity index (χ0n) is 8.63. The first kappa shape index (κ1) is 11.5. The fraction of sp³-hybridized carbons (Fsp3) is 1.00. The average molecular weight is 250 g/mol. The van der Waals surface area contributed by atoms with Gasteiger partial charge in [0.25, 0.3) is 0 Å². The van der Waals surface area contributed by atoms with Gasteiger partial charge in [0, 0.05) is 18.5 Å². The van der Waals surface area contributed by atoms with E-state index in [4.69, 9.17) is 4.74 Å². The number of hydrogen-bond acceptors (Lipinski definition) is 2. The van der Waals surface area contributed by atoms with Crippen LogP contribution in [0.2, 0.25) is 0 Å². The minimum atomic E-state index is 0.678. The third-order valence-corrected chi connectivity index (χ3v) is 3.64. The molecule has 1 saturated heterocycles. The zero-order chi connectivity index (χ0) is 9.68. The molecule has 0 amide bonds. The van der Waals surface area contributed by atoms with Gasteiger partial charge in [-0.15, -0.1) is 0 Å². The van der Waals surface area contributed by atoms with Crippen LogP contribution in [0.25, 0.3) is 0 Å². The molecule has 1 aliphatic heterocycles. The molecule has 1 aliphatic rings. The lowest BCUT2D eigenvalue weighted by molar-refractivity contribution is 0.121. The van der Waals surface area contributed by atoms with Gasteiger partial charge in [0.15, 0.2) is 0 Å². The Morgan fingerprint density at radius 1 is 1.46 bits per heavy atom. The van der Waals surface area contributed by atoms with Crippen LogP contribution >= 0.6 is 15.9 Å². The molecule has 13 heavy (non-hydrogen) atoms. The Labute approximate surface area is 89.8 Å². The molecule has 0 aromatic heterocycles. The van der Waals surface area contributed by atoms with Crippen LogP contribution < -0.4 is 0 Å². The lowest BCUT2D eigenvalue weighted by Crippen LogP contribution is -2.37. The lowest BCUT2D eigenvalue weighted by Gasteiger charge is -2.32. The molecular formula is C10H20BrNO. The van der Waals surface area contributed by atoms with E-state index in [1.165, 1.54) is 25.9 Å². The maximum absolute atomic E-state index is 5.07. The van der Waals surface area contributed by atoms with Crippen molar-refractivity contribution in [3.8, 4) is 0 Å². The normalized spacial score (nSPS) is 23.3. The summed E-state index contributed by atoms with van der Waals surface area (Å²) in [5.74, 6) is 0.874. The van der Waals surface area contributed by atoms with E-state index in [2.05, 4.69) is 27.8 Å². The van der Waals surface area contributed by atoms with Crippen molar-refractivity contribution >= 4 is 15.9 Å². The van der Waals surface area contributed by atoms with E-state index in [-0.39, 0.29) is 0 Å². The van der Waals surface area contributed by atoms with Crippen molar-refractivity contribution in [2.75, 3.05) is 33.4 Å². The first-order valence-electron chi connectivity index (χ1n) is 5.09. The number of rotatable bonds is 4. The second kappa shape index (κ2) is 5.99. The molecule has 78 valence electrons. The molecule has 1 atom stereocenters. The van der Waals surface area contributed by atoms with Crippen molar-refractivity contribution in [1.29, 1.82) is 0 Å². The van der Waals surface area contributed by atoms with Crippen LogP contribution in [-0.4, -0.2) is 43.1 Å². The molecular weight excluding hydrogens is 230 g/mol. The van der Waals surface area contributed by atoms with Crippen molar-refractivity contribution in [3.63, 3.8) is 0 Å². The standard InChI is InChI=1S/C10H20BrNO/c1-9(11)10-3-5-12(6-4-10)7-8-13-2/h9-10H,3-8H2,1-2H3. The van der Waals surface area contributed by atoms with Gasteiger partial charge in [0.1, 0.15) is 0 Å². The lowest BCUT2D eigenvalue weighted by atomic mass is 9.94. The van der Waals surface area contributed by atoms with Gasteiger partial charge in [0.05, 0.1) is 6.61 Å². The fourth-order valence-corrected chi connectivity index (χ4v) is 2.38. The summed E-state index contributed by atoms with van der Waals surface area (Å²) in [7, 11) is 1.77. The number of halogens is 1. The van der Waals surface area contributed by atoms with E-state index in [1.54, 1.807) is 7.11 Å². The molecule has 1 unspecified atom stereocenters. The predicted molar refractivity (Wildman–Crippen MR) is 59.4 cm³/mol. The highest BCUT2D eigenvalue weighted by molar-refractivity contribution is 9.09. The predicted octanol–water partition coefficient (Wildman–Crippen LogP) is 2.13. The molecule has 0 aromatic rings. The monoisotopic (exact) mass is 249 g/mol. The van der Waals surface area contributed by atoms with Gasteiger partial charge in [-0.3, -0.25) is 0 Å². The van der Waals surface area contributed by atoms with Crippen molar-refractivity contribution in [2.24, 2.45) is 5.92 Å². The molecule has 0 radical (unpaired) electrons. The minimum absolute atomic E-state index is 0.678. The van der Waals surface area contributed by atoms with Crippen LogP contribution in [0, 0.1) is 5.92 Å². The number of hydrogen-bond donors (Lipinski definition) is 0. The van der Waals surface area contributed by atoms with Crippen LogP contribution in [-0.2, 0) is 4.74 Å². The second-order valence-electron chi connectivity index (χ2n) is 3.85. The molecule has 1 heterocycles. The molecule has 0 spiro atoms. The van der Waals surface area contributed by atoms with Crippen LogP contribution in [0.1, 0.15) is 19.8 Å². The summed E-state index contributed by atoms with van der Waals surface area (Å²) in [6.45, 7) is 6.71. The Kier molecular flexibility index (Phi) is 5.29. The summed E-state index contributed by atoms with van der Waals surface area (Å²) < 4.78 is 5.07. The number of likely N-dealkylation sites (tertiary alicyclic amines) is 1. The molecule has 2 nitrogen and oxygen atoms in total. The van der Waals surface area contributed by atoms with Gasteiger partial charge in [-0.2, -0.15) is 0 Å². The molecule has 0 aliphatic carbocycles. The fourth-order valence-electron chi connectivity index (χ4n) is 1.86. The Bertz CT molecular complexity index is 133. The smallest absolute Gasteiger partial charge is 0.0589 e. The van der Waals surface area contributed by atoms with Crippen LogP contribution in [0.5, 0.6) is 0 Å². The Balaban J connectivity index is 2.15. The van der Waals surface area contributed by atoms with E-state index in [1.807, 2.05) is 0 Å². The number of alkyl halides is 1. The Hall–Kier alpha value is 0.400. The summed E-state index contributed by atoms with van der Waals surface area (Å²) in [6, 6.07) is 0. The van der Waals surface area contributed by atoms with Crippen molar-refractivity contribution < 1.29 is 4.74 Å². The van der Waals surface area contributed by atoms with Crippen molar-refractivity contribution in [3.05, 3.63) is 0 Å².